The summed E-state index contributed by atoms with van der Waals surface area (Å²) in [7, 11) is 0. The van der Waals surface area contributed by atoms with Crippen LogP contribution in [-0.4, -0.2) is 29.1 Å². The molecular formula is C22H25N3O3S. The number of fused-ring (bicyclic) bond motifs is 2. The maximum atomic E-state index is 12.8. The molecule has 0 amide bonds. The Hall–Kier alpha value is -2.67. The van der Waals surface area contributed by atoms with Crippen LogP contribution in [0, 0.1) is 13.8 Å². The van der Waals surface area contributed by atoms with Crippen LogP contribution in [0.2, 0.25) is 0 Å². The number of hydrogen-bond donors (Lipinski definition) is 1. The van der Waals surface area contributed by atoms with Gasteiger partial charge in [-0.05, 0) is 57.7 Å². The van der Waals surface area contributed by atoms with E-state index in [1.165, 1.54) is 28.2 Å². The summed E-state index contributed by atoms with van der Waals surface area (Å²) in [6.45, 7) is 8.92. The minimum Gasteiger partial charge on any atom is -0.462 e. The summed E-state index contributed by atoms with van der Waals surface area (Å²) in [4.78, 5) is 36.1. The first-order valence-electron chi connectivity index (χ1n) is 9.97. The molecule has 1 atom stereocenters. The number of thiophene rings is 1. The molecule has 29 heavy (non-hydrogen) atoms. The third kappa shape index (κ3) is 3.44. The molecular weight excluding hydrogens is 386 g/mol. The fourth-order valence-electron chi connectivity index (χ4n) is 4.05. The van der Waals surface area contributed by atoms with Gasteiger partial charge in [-0.1, -0.05) is 17.7 Å². The number of carbonyl (C=O) groups is 1. The Bertz CT molecular complexity index is 1150. The molecule has 6 nitrogen and oxygen atoms in total. The number of ether oxygens (including phenoxy) is 1. The van der Waals surface area contributed by atoms with Crippen molar-refractivity contribution in [1.29, 1.82) is 0 Å². The Morgan fingerprint density at radius 3 is 2.93 bits per heavy atom. The van der Waals surface area contributed by atoms with Gasteiger partial charge in [0, 0.05) is 12.2 Å². The predicted molar refractivity (Wildman–Crippen MR) is 116 cm³/mol. The number of H-pyrrole nitrogens is 1. The molecule has 0 bridgehead atoms. The Balaban J connectivity index is 1.75. The number of esters is 1. The first-order valence-corrected chi connectivity index (χ1v) is 10.8. The molecule has 3 heterocycles. The average molecular weight is 412 g/mol. The van der Waals surface area contributed by atoms with Gasteiger partial charge in [-0.2, -0.15) is 0 Å². The van der Waals surface area contributed by atoms with Crippen molar-refractivity contribution in [3.8, 4) is 0 Å². The number of aromatic nitrogens is 2. The van der Waals surface area contributed by atoms with E-state index in [0.717, 1.165) is 19.4 Å². The van der Waals surface area contributed by atoms with Gasteiger partial charge in [-0.25, -0.2) is 9.78 Å². The Kier molecular flexibility index (Phi) is 5.17. The van der Waals surface area contributed by atoms with E-state index >= 15 is 0 Å². The zero-order valence-electron chi connectivity index (χ0n) is 17.2. The molecule has 0 saturated heterocycles. The molecule has 0 fully saturated rings. The van der Waals surface area contributed by atoms with Crippen molar-refractivity contribution in [3.63, 3.8) is 0 Å². The molecule has 0 saturated carbocycles. The van der Waals surface area contributed by atoms with Crippen LogP contribution in [0.4, 0.5) is 5.69 Å². The third-order valence-electron chi connectivity index (χ3n) is 5.53. The van der Waals surface area contributed by atoms with E-state index in [2.05, 4.69) is 41.9 Å². The number of anilines is 1. The fraction of sp³-hybridized carbons (Fsp3) is 0.409. The highest BCUT2D eigenvalue weighted by Crippen LogP contribution is 2.34. The number of nitrogens with zero attached hydrogens (tertiary/aromatic N) is 2. The lowest BCUT2D eigenvalue weighted by Crippen LogP contribution is -2.34. The lowest BCUT2D eigenvalue weighted by atomic mass is 9.98. The summed E-state index contributed by atoms with van der Waals surface area (Å²) in [6, 6.07) is 6.44. The summed E-state index contributed by atoms with van der Waals surface area (Å²) in [5, 5.41) is 0.476. The molecule has 1 aromatic carbocycles. The van der Waals surface area contributed by atoms with E-state index in [0.29, 0.717) is 33.1 Å². The molecule has 1 aliphatic heterocycles. The summed E-state index contributed by atoms with van der Waals surface area (Å²) in [5.74, 6) is 0.218. The first kappa shape index (κ1) is 19.6. The average Bonchev–Trinajstić information content (AvgIpc) is 3.04. The van der Waals surface area contributed by atoms with E-state index in [1.54, 1.807) is 13.8 Å². The van der Waals surface area contributed by atoms with Crippen molar-refractivity contribution >= 4 is 33.2 Å². The van der Waals surface area contributed by atoms with Crippen molar-refractivity contribution in [2.45, 2.75) is 46.6 Å². The summed E-state index contributed by atoms with van der Waals surface area (Å²) < 4.78 is 5.12. The number of hydrogen-bond acceptors (Lipinski definition) is 6. The Labute approximate surface area is 173 Å². The second-order valence-electron chi connectivity index (χ2n) is 7.51. The first-order chi connectivity index (χ1) is 13.9. The largest absolute Gasteiger partial charge is 0.462 e. The molecule has 3 aromatic rings. The van der Waals surface area contributed by atoms with E-state index in [9.17, 15) is 9.59 Å². The van der Waals surface area contributed by atoms with Crippen molar-refractivity contribution in [2.75, 3.05) is 18.1 Å². The van der Waals surface area contributed by atoms with E-state index in [1.807, 2.05) is 0 Å². The lowest BCUT2D eigenvalue weighted by molar-refractivity contribution is 0.0531. The summed E-state index contributed by atoms with van der Waals surface area (Å²) in [5.41, 5.74) is 4.22. The van der Waals surface area contributed by atoms with Gasteiger partial charge in [-0.15, -0.1) is 11.3 Å². The zero-order valence-corrected chi connectivity index (χ0v) is 18.0. The van der Waals surface area contributed by atoms with Gasteiger partial charge >= 0.3 is 5.97 Å². The van der Waals surface area contributed by atoms with E-state index in [4.69, 9.17) is 9.72 Å². The van der Waals surface area contributed by atoms with Crippen LogP contribution in [0.1, 0.15) is 58.5 Å². The standard InChI is InChI=1S/C22H25N3O3S/c1-5-28-22(27)18-13(3)17-20(26)23-19(24-21(17)29-18)14(4)25-10-6-7-15-11-12(2)8-9-16(15)25/h8-9,11,14H,5-7,10H2,1-4H3,(H,23,24,26)/t14-/m0/s1. The van der Waals surface area contributed by atoms with Gasteiger partial charge in [0.1, 0.15) is 15.5 Å². The number of rotatable bonds is 4. The van der Waals surface area contributed by atoms with Crippen LogP contribution in [-0.2, 0) is 11.2 Å². The topological polar surface area (TPSA) is 75.3 Å². The van der Waals surface area contributed by atoms with Gasteiger partial charge in [0.2, 0.25) is 0 Å². The van der Waals surface area contributed by atoms with Gasteiger partial charge in [0.05, 0.1) is 18.0 Å². The summed E-state index contributed by atoms with van der Waals surface area (Å²) >= 11 is 1.23. The molecule has 1 N–H and O–H groups in total. The molecule has 0 unspecified atom stereocenters. The molecule has 0 spiro atoms. The van der Waals surface area contributed by atoms with Crippen molar-refractivity contribution in [2.24, 2.45) is 0 Å². The summed E-state index contributed by atoms with van der Waals surface area (Å²) in [6.07, 6.45) is 2.13. The monoisotopic (exact) mass is 411 g/mol. The SMILES string of the molecule is CCOC(=O)c1sc2nc([C@H](C)N3CCCc4cc(C)ccc43)[nH]c(=O)c2c1C. The van der Waals surface area contributed by atoms with Crippen LogP contribution in [0.25, 0.3) is 10.2 Å². The fourth-order valence-corrected chi connectivity index (χ4v) is 5.14. The molecule has 152 valence electrons. The minimum absolute atomic E-state index is 0.0812. The van der Waals surface area contributed by atoms with E-state index < -0.39 is 5.97 Å². The zero-order chi connectivity index (χ0) is 20.7. The minimum atomic E-state index is -0.401. The third-order valence-corrected chi connectivity index (χ3v) is 6.70. The second kappa shape index (κ2) is 7.63. The number of nitrogens with one attached hydrogen (secondary N) is 1. The normalized spacial score (nSPS) is 14.7. The quantitative estimate of drug-likeness (QED) is 0.648. The molecule has 7 heteroatoms. The predicted octanol–water partition coefficient (Wildman–Crippen LogP) is 4.29. The highest BCUT2D eigenvalue weighted by Gasteiger charge is 2.26. The maximum absolute atomic E-state index is 12.8. The molecule has 2 aromatic heterocycles. The Morgan fingerprint density at radius 2 is 2.17 bits per heavy atom. The van der Waals surface area contributed by atoms with Crippen LogP contribution in [0.3, 0.4) is 0 Å². The van der Waals surface area contributed by atoms with Gasteiger partial charge in [0.25, 0.3) is 5.56 Å². The van der Waals surface area contributed by atoms with Crippen LogP contribution in [0.15, 0.2) is 23.0 Å². The smallest absolute Gasteiger partial charge is 0.348 e. The van der Waals surface area contributed by atoms with Crippen LogP contribution >= 0.6 is 11.3 Å². The number of aromatic amines is 1. The van der Waals surface area contributed by atoms with Gasteiger partial charge < -0.3 is 14.6 Å². The molecule has 4 rings (SSSR count). The van der Waals surface area contributed by atoms with Gasteiger partial charge in [0.15, 0.2) is 0 Å². The van der Waals surface area contributed by atoms with Crippen molar-refractivity contribution < 1.29 is 9.53 Å². The van der Waals surface area contributed by atoms with Crippen molar-refractivity contribution in [3.05, 3.63) is 55.9 Å². The molecule has 1 aliphatic rings. The lowest BCUT2D eigenvalue weighted by Gasteiger charge is -2.35. The van der Waals surface area contributed by atoms with Crippen LogP contribution in [0.5, 0.6) is 0 Å². The van der Waals surface area contributed by atoms with E-state index in [-0.39, 0.29) is 11.6 Å². The molecule has 0 radical (unpaired) electrons. The van der Waals surface area contributed by atoms with Crippen LogP contribution < -0.4 is 10.5 Å². The Morgan fingerprint density at radius 1 is 1.38 bits per heavy atom. The number of benzene rings is 1. The number of carbonyl (C=O) groups excluding carboxylic acids is 1. The highest BCUT2D eigenvalue weighted by atomic mass is 32.1. The number of aryl methyl sites for hydroxylation is 3. The molecule has 0 aliphatic carbocycles. The highest BCUT2D eigenvalue weighted by molar-refractivity contribution is 7.20. The van der Waals surface area contributed by atoms with Crippen molar-refractivity contribution in [1.82, 2.24) is 9.97 Å². The maximum Gasteiger partial charge on any atom is 0.348 e. The second-order valence-corrected chi connectivity index (χ2v) is 8.51. The van der Waals surface area contributed by atoms with Gasteiger partial charge in [-0.3, -0.25) is 4.79 Å².